The second kappa shape index (κ2) is 7.76. The lowest BCUT2D eigenvalue weighted by atomic mass is 10.1. The first-order valence-corrected chi connectivity index (χ1v) is 6.10. The molecule has 0 saturated carbocycles. The monoisotopic (exact) mass is 287 g/mol. The van der Waals surface area contributed by atoms with Crippen LogP contribution >= 0.6 is 0 Å². The zero-order valence-electron chi connectivity index (χ0n) is 11.3. The number of rotatable bonds is 8. The van der Waals surface area contributed by atoms with Crippen molar-refractivity contribution in [1.29, 1.82) is 5.41 Å². The number of aliphatic hydroxyl groups excluding tert-OH is 1. The summed E-state index contributed by atoms with van der Waals surface area (Å²) < 4.78 is 30.0. The number of hydrogen-bond acceptors (Lipinski definition) is 4. The molecule has 0 unspecified atom stereocenters. The van der Waals surface area contributed by atoms with Crippen molar-refractivity contribution in [2.45, 2.75) is 13.0 Å². The summed E-state index contributed by atoms with van der Waals surface area (Å²) in [6.45, 7) is -0.159. The van der Waals surface area contributed by atoms with Crippen LogP contribution in [0.25, 0.3) is 0 Å². The molecule has 0 atom stereocenters. The highest BCUT2D eigenvalue weighted by molar-refractivity contribution is 5.97. The van der Waals surface area contributed by atoms with Gasteiger partial charge in [-0.3, -0.25) is 10.3 Å². The summed E-state index contributed by atoms with van der Waals surface area (Å²) in [6, 6.07) is 4.98. The Labute approximate surface area is 116 Å². The predicted octanol–water partition coefficient (Wildman–Crippen LogP) is 1.04. The van der Waals surface area contributed by atoms with Crippen LogP contribution in [0.1, 0.15) is 11.1 Å². The molecule has 0 bridgehead atoms. The van der Waals surface area contributed by atoms with Crippen molar-refractivity contribution in [3.63, 3.8) is 0 Å². The molecule has 0 saturated heterocycles. The third-order valence-electron chi connectivity index (χ3n) is 2.77. The van der Waals surface area contributed by atoms with Crippen LogP contribution in [0.5, 0.6) is 5.75 Å². The summed E-state index contributed by atoms with van der Waals surface area (Å²) in [5.41, 5.74) is 6.62. The SMILES string of the molecule is COc1cc(CN(CCO)CC(F)F)ccc1C(=N)N. The number of amidine groups is 1. The van der Waals surface area contributed by atoms with E-state index in [0.717, 1.165) is 5.56 Å². The number of nitrogens with zero attached hydrogens (tertiary/aromatic N) is 1. The molecule has 5 nitrogen and oxygen atoms in total. The van der Waals surface area contributed by atoms with E-state index in [1.54, 1.807) is 18.2 Å². The fraction of sp³-hybridized carbons (Fsp3) is 0.462. The molecule has 1 aromatic rings. The number of methoxy groups -OCH3 is 1. The number of hydrogen-bond donors (Lipinski definition) is 3. The standard InChI is InChI=1S/C13H19F2N3O2/c1-20-11-6-9(2-3-10(11)13(16)17)7-18(4-5-19)8-12(14)15/h2-3,6,12,19H,4-5,7-8H2,1H3,(H3,16,17). The number of nitrogens with one attached hydrogen (secondary N) is 1. The molecule has 112 valence electrons. The molecule has 0 heterocycles. The maximum absolute atomic E-state index is 12.4. The van der Waals surface area contributed by atoms with Crippen LogP contribution in [0.15, 0.2) is 18.2 Å². The summed E-state index contributed by atoms with van der Waals surface area (Å²) in [4.78, 5) is 1.45. The highest BCUT2D eigenvalue weighted by Crippen LogP contribution is 2.21. The first kappa shape index (κ1) is 16.3. The first-order chi connectivity index (χ1) is 9.47. The Morgan fingerprint density at radius 1 is 1.50 bits per heavy atom. The largest absolute Gasteiger partial charge is 0.496 e. The molecule has 1 aromatic carbocycles. The maximum Gasteiger partial charge on any atom is 0.251 e. The summed E-state index contributed by atoms with van der Waals surface area (Å²) in [6.07, 6.45) is -2.46. The third-order valence-corrected chi connectivity index (χ3v) is 2.77. The molecule has 0 fully saturated rings. The highest BCUT2D eigenvalue weighted by Gasteiger charge is 2.14. The number of ether oxygens (including phenoxy) is 1. The fourth-order valence-electron chi connectivity index (χ4n) is 1.89. The number of aliphatic hydroxyl groups is 1. The lowest BCUT2D eigenvalue weighted by Gasteiger charge is -2.21. The van der Waals surface area contributed by atoms with Crippen molar-refractivity contribution in [1.82, 2.24) is 4.90 Å². The second-order valence-electron chi connectivity index (χ2n) is 4.30. The number of nitrogens with two attached hydrogens (primary N) is 1. The summed E-state index contributed by atoms with van der Waals surface area (Å²) >= 11 is 0. The molecule has 0 amide bonds. The van der Waals surface area contributed by atoms with Gasteiger partial charge < -0.3 is 15.6 Å². The Balaban J connectivity index is 2.87. The van der Waals surface area contributed by atoms with E-state index in [-0.39, 0.29) is 25.5 Å². The van der Waals surface area contributed by atoms with Gasteiger partial charge in [-0.25, -0.2) is 8.78 Å². The minimum absolute atomic E-state index is 0.117. The van der Waals surface area contributed by atoms with Gasteiger partial charge in [0.2, 0.25) is 0 Å². The number of nitrogen functional groups attached to an aromatic ring is 1. The van der Waals surface area contributed by atoms with Crippen LogP contribution in [0.4, 0.5) is 8.78 Å². The highest BCUT2D eigenvalue weighted by atomic mass is 19.3. The Morgan fingerprint density at radius 2 is 2.20 bits per heavy atom. The average molecular weight is 287 g/mol. The lowest BCUT2D eigenvalue weighted by Crippen LogP contribution is -2.31. The van der Waals surface area contributed by atoms with Crippen molar-refractivity contribution < 1.29 is 18.6 Å². The van der Waals surface area contributed by atoms with Crippen molar-refractivity contribution in [2.75, 3.05) is 26.8 Å². The summed E-state index contributed by atoms with van der Waals surface area (Å²) in [7, 11) is 1.45. The molecule has 0 aromatic heterocycles. The molecule has 7 heteroatoms. The second-order valence-corrected chi connectivity index (χ2v) is 4.30. The van der Waals surface area contributed by atoms with Crippen LogP contribution < -0.4 is 10.5 Å². The van der Waals surface area contributed by atoms with Gasteiger partial charge in [-0.15, -0.1) is 0 Å². The molecule has 4 N–H and O–H groups in total. The van der Waals surface area contributed by atoms with Gasteiger partial charge in [0.1, 0.15) is 11.6 Å². The first-order valence-electron chi connectivity index (χ1n) is 6.10. The van der Waals surface area contributed by atoms with Crippen molar-refractivity contribution in [3.05, 3.63) is 29.3 Å². The van der Waals surface area contributed by atoms with Crippen LogP contribution in [0.2, 0.25) is 0 Å². The zero-order valence-corrected chi connectivity index (χ0v) is 11.3. The Bertz CT molecular complexity index is 455. The van der Waals surface area contributed by atoms with E-state index < -0.39 is 13.0 Å². The van der Waals surface area contributed by atoms with Crippen LogP contribution in [0.3, 0.4) is 0 Å². The fourth-order valence-corrected chi connectivity index (χ4v) is 1.89. The Morgan fingerprint density at radius 3 is 2.70 bits per heavy atom. The molecule has 0 radical (unpaired) electrons. The van der Waals surface area contributed by atoms with Crippen molar-refractivity contribution in [2.24, 2.45) is 5.73 Å². The zero-order chi connectivity index (χ0) is 15.1. The number of alkyl halides is 2. The quantitative estimate of drug-likeness (QED) is 0.493. The van der Waals surface area contributed by atoms with Gasteiger partial charge in [0, 0.05) is 13.1 Å². The Kier molecular flexibility index (Phi) is 6.33. The molecule has 20 heavy (non-hydrogen) atoms. The molecular weight excluding hydrogens is 268 g/mol. The van der Waals surface area contributed by atoms with E-state index in [2.05, 4.69) is 0 Å². The van der Waals surface area contributed by atoms with Gasteiger partial charge in [-0.2, -0.15) is 0 Å². The molecule has 1 rings (SSSR count). The number of halogens is 2. The summed E-state index contributed by atoms with van der Waals surface area (Å²) in [5, 5.41) is 16.3. The van der Waals surface area contributed by atoms with Crippen LogP contribution in [-0.2, 0) is 6.54 Å². The normalized spacial score (nSPS) is 11.1. The molecule has 0 aliphatic heterocycles. The summed E-state index contributed by atoms with van der Waals surface area (Å²) in [5.74, 6) is 0.309. The minimum Gasteiger partial charge on any atom is -0.496 e. The van der Waals surface area contributed by atoms with Gasteiger partial charge in [0.15, 0.2) is 0 Å². The molecular formula is C13H19F2N3O2. The minimum atomic E-state index is -2.46. The van der Waals surface area contributed by atoms with E-state index in [1.165, 1.54) is 12.0 Å². The van der Waals surface area contributed by atoms with E-state index in [1.807, 2.05) is 0 Å². The molecule has 0 spiro atoms. The van der Waals surface area contributed by atoms with Crippen molar-refractivity contribution in [3.8, 4) is 5.75 Å². The molecule has 0 aliphatic rings. The molecule has 0 aliphatic carbocycles. The third kappa shape index (κ3) is 4.75. The number of benzene rings is 1. The van der Waals surface area contributed by atoms with E-state index in [9.17, 15) is 8.78 Å². The van der Waals surface area contributed by atoms with E-state index >= 15 is 0 Å². The van der Waals surface area contributed by atoms with Gasteiger partial charge >= 0.3 is 0 Å². The van der Waals surface area contributed by atoms with Crippen molar-refractivity contribution >= 4 is 5.84 Å². The lowest BCUT2D eigenvalue weighted by molar-refractivity contribution is 0.0746. The van der Waals surface area contributed by atoms with Gasteiger partial charge in [-0.1, -0.05) is 6.07 Å². The smallest absolute Gasteiger partial charge is 0.251 e. The van der Waals surface area contributed by atoms with E-state index in [4.69, 9.17) is 21.0 Å². The van der Waals surface area contributed by atoms with E-state index in [0.29, 0.717) is 11.3 Å². The van der Waals surface area contributed by atoms with Crippen LogP contribution in [0, 0.1) is 5.41 Å². The van der Waals surface area contributed by atoms with Crippen LogP contribution in [-0.4, -0.2) is 49.1 Å². The average Bonchev–Trinajstić information content (AvgIpc) is 2.37. The van der Waals surface area contributed by atoms with Gasteiger partial charge in [0.25, 0.3) is 6.43 Å². The maximum atomic E-state index is 12.4. The Hall–Kier alpha value is -1.73. The topological polar surface area (TPSA) is 82.6 Å². The van der Waals surface area contributed by atoms with Gasteiger partial charge in [-0.05, 0) is 17.7 Å². The van der Waals surface area contributed by atoms with Gasteiger partial charge in [0.05, 0.1) is 25.8 Å². The predicted molar refractivity (Wildman–Crippen MR) is 72.4 cm³/mol.